The SMILES string of the molecule is CC(N)(C(=O)NC(C(=O)O)C1CC1)c1ccccc1. The highest BCUT2D eigenvalue weighted by atomic mass is 16.4. The van der Waals surface area contributed by atoms with Gasteiger partial charge in [0.15, 0.2) is 0 Å². The van der Waals surface area contributed by atoms with Gasteiger partial charge in [-0.05, 0) is 31.2 Å². The minimum absolute atomic E-state index is 0.0352. The number of nitrogens with one attached hydrogen (secondary N) is 1. The first kappa shape index (κ1) is 13.5. The first-order valence-corrected chi connectivity index (χ1v) is 6.31. The van der Waals surface area contributed by atoms with Gasteiger partial charge >= 0.3 is 5.97 Å². The quantitative estimate of drug-likeness (QED) is 0.733. The molecule has 19 heavy (non-hydrogen) atoms. The van der Waals surface area contributed by atoms with E-state index in [9.17, 15) is 9.59 Å². The van der Waals surface area contributed by atoms with Gasteiger partial charge in [-0.15, -0.1) is 0 Å². The van der Waals surface area contributed by atoms with Crippen molar-refractivity contribution in [1.29, 1.82) is 0 Å². The molecular formula is C14H18N2O3. The van der Waals surface area contributed by atoms with Gasteiger partial charge in [-0.3, -0.25) is 4.79 Å². The standard InChI is InChI=1S/C14H18N2O3/c1-14(15,10-5-3-2-4-6-10)13(19)16-11(12(17)18)9-7-8-9/h2-6,9,11H,7-8,15H2,1H3,(H,16,19)(H,17,18). The second-order valence-electron chi connectivity index (χ2n) is 5.20. The van der Waals surface area contributed by atoms with Gasteiger partial charge in [0.1, 0.15) is 11.6 Å². The Bertz CT molecular complexity index is 481. The zero-order valence-corrected chi connectivity index (χ0v) is 10.8. The van der Waals surface area contributed by atoms with Crippen LogP contribution in [0.15, 0.2) is 30.3 Å². The van der Waals surface area contributed by atoms with E-state index in [4.69, 9.17) is 10.8 Å². The number of carboxylic acids is 1. The van der Waals surface area contributed by atoms with Gasteiger partial charge < -0.3 is 16.2 Å². The molecule has 0 bridgehead atoms. The summed E-state index contributed by atoms with van der Waals surface area (Å²) in [6, 6.07) is 8.10. The molecule has 0 radical (unpaired) electrons. The number of hydrogen-bond donors (Lipinski definition) is 3. The molecule has 0 aliphatic heterocycles. The molecule has 2 unspecified atom stereocenters. The van der Waals surface area contributed by atoms with Gasteiger partial charge in [-0.2, -0.15) is 0 Å². The monoisotopic (exact) mass is 262 g/mol. The van der Waals surface area contributed by atoms with E-state index in [0.29, 0.717) is 5.56 Å². The van der Waals surface area contributed by atoms with E-state index < -0.39 is 23.5 Å². The number of carbonyl (C=O) groups excluding carboxylic acids is 1. The van der Waals surface area contributed by atoms with Gasteiger partial charge in [-0.1, -0.05) is 30.3 Å². The number of rotatable bonds is 5. The van der Waals surface area contributed by atoms with Crippen molar-refractivity contribution in [2.45, 2.75) is 31.3 Å². The summed E-state index contributed by atoms with van der Waals surface area (Å²) in [7, 11) is 0. The van der Waals surface area contributed by atoms with Crippen LogP contribution in [0, 0.1) is 5.92 Å². The van der Waals surface area contributed by atoms with Crippen LogP contribution < -0.4 is 11.1 Å². The number of carbonyl (C=O) groups is 2. The third kappa shape index (κ3) is 2.93. The van der Waals surface area contributed by atoms with Gasteiger partial charge in [0.05, 0.1) is 0 Å². The van der Waals surface area contributed by atoms with E-state index in [0.717, 1.165) is 12.8 Å². The van der Waals surface area contributed by atoms with Crippen LogP contribution in [0.3, 0.4) is 0 Å². The normalized spacial score (nSPS) is 19.3. The summed E-state index contributed by atoms with van der Waals surface area (Å²) in [5.74, 6) is -1.43. The maximum atomic E-state index is 12.2. The molecule has 1 saturated carbocycles. The van der Waals surface area contributed by atoms with E-state index in [1.54, 1.807) is 31.2 Å². The molecule has 4 N–H and O–H groups in total. The lowest BCUT2D eigenvalue weighted by atomic mass is 9.92. The molecule has 0 aromatic heterocycles. The third-order valence-corrected chi connectivity index (χ3v) is 3.49. The maximum absolute atomic E-state index is 12.2. The number of aliphatic carboxylic acids is 1. The smallest absolute Gasteiger partial charge is 0.326 e. The fourth-order valence-electron chi connectivity index (χ4n) is 2.02. The van der Waals surface area contributed by atoms with Crippen molar-refractivity contribution in [2.24, 2.45) is 11.7 Å². The van der Waals surface area contributed by atoms with E-state index in [1.807, 2.05) is 6.07 Å². The molecule has 1 aliphatic rings. The van der Waals surface area contributed by atoms with E-state index in [-0.39, 0.29) is 5.92 Å². The molecule has 0 heterocycles. The van der Waals surface area contributed by atoms with Gasteiger partial charge in [-0.25, -0.2) is 4.79 Å². The van der Waals surface area contributed by atoms with Crippen molar-refractivity contribution in [3.63, 3.8) is 0 Å². The van der Waals surface area contributed by atoms with Crippen molar-refractivity contribution in [2.75, 3.05) is 0 Å². The van der Waals surface area contributed by atoms with E-state index >= 15 is 0 Å². The predicted molar refractivity (Wildman–Crippen MR) is 70.3 cm³/mol. The molecular weight excluding hydrogens is 244 g/mol. The van der Waals surface area contributed by atoms with Crippen LogP contribution in [0.4, 0.5) is 0 Å². The lowest BCUT2D eigenvalue weighted by Crippen LogP contribution is -2.54. The Morgan fingerprint density at radius 2 is 1.95 bits per heavy atom. The number of benzene rings is 1. The fraction of sp³-hybridized carbons (Fsp3) is 0.429. The van der Waals surface area contributed by atoms with Gasteiger partial charge in [0.25, 0.3) is 0 Å². The van der Waals surface area contributed by atoms with Crippen LogP contribution in [-0.2, 0) is 15.1 Å². The van der Waals surface area contributed by atoms with Crippen molar-refractivity contribution < 1.29 is 14.7 Å². The average molecular weight is 262 g/mol. The van der Waals surface area contributed by atoms with Gasteiger partial charge in [0.2, 0.25) is 5.91 Å². The maximum Gasteiger partial charge on any atom is 0.326 e. The molecule has 102 valence electrons. The molecule has 1 aliphatic carbocycles. The van der Waals surface area contributed by atoms with Crippen molar-refractivity contribution in [1.82, 2.24) is 5.32 Å². The highest BCUT2D eigenvalue weighted by Crippen LogP contribution is 2.33. The van der Waals surface area contributed by atoms with Crippen LogP contribution in [0.25, 0.3) is 0 Å². The molecule has 2 rings (SSSR count). The Hall–Kier alpha value is -1.88. The fourth-order valence-corrected chi connectivity index (χ4v) is 2.02. The Morgan fingerprint density at radius 1 is 1.37 bits per heavy atom. The Morgan fingerprint density at radius 3 is 2.42 bits per heavy atom. The lowest BCUT2D eigenvalue weighted by molar-refractivity contribution is -0.143. The zero-order chi connectivity index (χ0) is 14.0. The first-order chi connectivity index (χ1) is 8.93. The number of hydrogen-bond acceptors (Lipinski definition) is 3. The third-order valence-electron chi connectivity index (χ3n) is 3.49. The highest BCUT2D eigenvalue weighted by molar-refractivity contribution is 5.90. The molecule has 0 saturated heterocycles. The molecule has 5 nitrogen and oxygen atoms in total. The highest BCUT2D eigenvalue weighted by Gasteiger charge is 2.40. The molecule has 2 atom stereocenters. The first-order valence-electron chi connectivity index (χ1n) is 6.31. The van der Waals surface area contributed by atoms with Crippen LogP contribution >= 0.6 is 0 Å². The van der Waals surface area contributed by atoms with Crippen molar-refractivity contribution >= 4 is 11.9 Å². The number of carboxylic acid groups (broad SMARTS) is 1. The minimum atomic E-state index is -1.23. The average Bonchev–Trinajstić information content (AvgIpc) is 3.20. The van der Waals surface area contributed by atoms with E-state index in [2.05, 4.69) is 5.32 Å². The summed E-state index contributed by atoms with van der Waals surface area (Å²) in [5.41, 5.74) is 5.47. The van der Waals surface area contributed by atoms with Crippen LogP contribution in [0.2, 0.25) is 0 Å². The molecule has 1 amide bonds. The molecule has 1 aromatic carbocycles. The summed E-state index contributed by atoms with van der Waals surface area (Å²) in [5, 5.41) is 11.7. The van der Waals surface area contributed by atoms with Crippen molar-refractivity contribution in [3.05, 3.63) is 35.9 Å². The number of amides is 1. The Balaban J connectivity index is 2.12. The summed E-state index contributed by atoms with van der Waals surface area (Å²) >= 11 is 0. The van der Waals surface area contributed by atoms with E-state index in [1.165, 1.54) is 0 Å². The summed E-state index contributed by atoms with van der Waals surface area (Å²) in [6.07, 6.45) is 1.67. The van der Waals surface area contributed by atoms with Crippen LogP contribution in [0.1, 0.15) is 25.3 Å². The molecule has 0 spiro atoms. The predicted octanol–water partition coefficient (Wildman–Crippen LogP) is 0.840. The molecule has 5 heteroatoms. The van der Waals surface area contributed by atoms with Crippen molar-refractivity contribution in [3.8, 4) is 0 Å². The topological polar surface area (TPSA) is 92.4 Å². The Kier molecular flexibility index (Phi) is 3.57. The summed E-state index contributed by atoms with van der Waals surface area (Å²) in [4.78, 5) is 23.3. The lowest BCUT2D eigenvalue weighted by Gasteiger charge is -2.26. The van der Waals surface area contributed by atoms with Crippen LogP contribution in [0.5, 0.6) is 0 Å². The Labute approximate surface area is 111 Å². The molecule has 1 fully saturated rings. The van der Waals surface area contributed by atoms with Gasteiger partial charge in [0, 0.05) is 0 Å². The second kappa shape index (κ2) is 5.01. The summed E-state index contributed by atoms with van der Waals surface area (Å²) < 4.78 is 0. The zero-order valence-electron chi connectivity index (χ0n) is 10.8. The minimum Gasteiger partial charge on any atom is -0.480 e. The number of nitrogens with two attached hydrogens (primary N) is 1. The summed E-state index contributed by atoms with van der Waals surface area (Å²) in [6.45, 7) is 1.59. The second-order valence-corrected chi connectivity index (χ2v) is 5.20. The largest absolute Gasteiger partial charge is 0.480 e. The molecule has 1 aromatic rings. The van der Waals surface area contributed by atoms with Crippen LogP contribution in [-0.4, -0.2) is 23.0 Å².